The lowest BCUT2D eigenvalue weighted by Crippen LogP contribution is -2.27. The molecule has 1 amide bonds. The van der Waals surface area contributed by atoms with Gasteiger partial charge in [-0.2, -0.15) is 0 Å². The number of carbonyl (C=O) groups is 1. The highest BCUT2D eigenvalue weighted by Gasteiger charge is 2.25. The molecular weight excluding hydrogens is 378 g/mol. The average molecular weight is 412 g/mol. The predicted octanol–water partition coefficient (Wildman–Crippen LogP) is 4.16. The zero-order valence-electron chi connectivity index (χ0n) is 18.3. The molecule has 1 aromatic carbocycles. The van der Waals surface area contributed by atoms with Gasteiger partial charge in [-0.3, -0.25) is 4.79 Å². The third-order valence-electron chi connectivity index (χ3n) is 5.40. The molecule has 1 aliphatic heterocycles. The number of amides is 1. The van der Waals surface area contributed by atoms with Crippen molar-refractivity contribution in [3.8, 4) is 11.6 Å². The second-order valence-corrected chi connectivity index (χ2v) is 7.71. The molecule has 6 heteroatoms. The third kappa shape index (κ3) is 5.88. The van der Waals surface area contributed by atoms with Crippen molar-refractivity contribution in [3.05, 3.63) is 48.2 Å². The summed E-state index contributed by atoms with van der Waals surface area (Å²) in [6.45, 7) is 9.11. The summed E-state index contributed by atoms with van der Waals surface area (Å²) in [5.41, 5.74) is 2.11. The fourth-order valence-corrected chi connectivity index (χ4v) is 3.56. The summed E-state index contributed by atoms with van der Waals surface area (Å²) < 4.78 is 11.9. The van der Waals surface area contributed by atoms with E-state index in [2.05, 4.69) is 22.1 Å². The summed E-state index contributed by atoms with van der Waals surface area (Å²) >= 11 is 0. The van der Waals surface area contributed by atoms with Crippen LogP contribution < -0.4 is 19.7 Å². The van der Waals surface area contributed by atoms with E-state index in [1.165, 1.54) is 0 Å². The van der Waals surface area contributed by atoms with Crippen LogP contribution in [0.4, 0.5) is 5.69 Å². The van der Waals surface area contributed by atoms with Crippen molar-refractivity contribution >= 4 is 11.6 Å². The van der Waals surface area contributed by atoms with E-state index in [-0.39, 0.29) is 17.9 Å². The van der Waals surface area contributed by atoms with Crippen molar-refractivity contribution < 1.29 is 14.3 Å². The van der Waals surface area contributed by atoms with Gasteiger partial charge in [0, 0.05) is 37.5 Å². The van der Waals surface area contributed by atoms with E-state index in [0.717, 1.165) is 49.4 Å². The number of aromatic nitrogens is 1. The number of nitrogens with zero attached hydrogens (tertiary/aromatic N) is 2. The van der Waals surface area contributed by atoms with Crippen molar-refractivity contribution in [2.24, 2.45) is 0 Å². The Morgan fingerprint density at radius 2 is 2.07 bits per heavy atom. The molecule has 1 fully saturated rings. The first kappa shape index (κ1) is 21.9. The highest BCUT2D eigenvalue weighted by Crippen LogP contribution is 2.26. The van der Waals surface area contributed by atoms with Crippen molar-refractivity contribution in [3.63, 3.8) is 0 Å². The summed E-state index contributed by atoms with van der Waals surface area (Å²) in [5, 5.41) is 2.87. The van der Waals surface area contributed by atoms with Crippen LogP contribution in [0.5, 0.6) is 11.6 Å². The standard InChI is InChI=1S/C24H33N3O3/c1-4-6-15-29-23-16-20(11-13-26-23)27-14-12-22(17-27)30-21-9-7-19(8-10-21)18(3)24(28)25-5-2/h7-11,13,16,18,22H,4-6,12,14-15,17H2,1-3H3,(H,25,28)/t18?,22-/m1/s1. The van der Waals surface area contributed by atoms with Crippen molar-refractivity contribution in [1.82, 2.24) is 10.3 Å². The van der Waals surface area contributed by atoms with E-state index < -0.39 is 0 Å². The minimum Gasteiger partial charge on any atom is -0.489 e. The first-order valence-corrected chi connectivity index (χ1v) is 11.0. The minimum absolute atomic E-state index is 0.0491. The summed E-state index contributed by atoms with van der Waals surface area (Å²) in [6.07, 6.45) is 5.04. The molecule has 0 aliphatic carbocycles. The highest BCUT2D eigenvalue weighted by atomic mass is 16.5. The Kier molecular flexibility index (Phi) is 7.94. The van der Waals surface area contributed by atoms with E-state index in [4.69, 9.17) is 9.47 Å². The lowest BCUT2D eigenvalue weighted by atomic mass is 10.0. The topological polar surface area (TPSA) is 63.7 Å². The molecule has 6 nitrogen and oxygen atoms in total. The Morgan fingerprint density at radius 1 is 1.27 bits per heavy atom. The van der Waals surface area contributed by atoms with Gasteiger partial charge in [0.05, 0.1) is 19.1 Å². The lowest BCUT2D eigenvalue weighted by molar-refractivity contribution is -0.122. The Labute approximate surface area is 179 Å². The van der Waals surface area contributed by atoms with Gasteiger partial charge in [0.2, 0.25) is 11.8 Å². The molecule has 2 atom stereocenters. The second-order valence-electron chi connectivity index (χ2n) is 7.71. The molecular formula is C24H33N3O3. The van der Waals surface area contributed by atoms with E-state index in [1.54, 1.807) is 6.20 Å². The summed E-state index contributed by atoms with van der Waals surface area (Å²) in [6, 6.07) is 11.9. The number of ether oxygens (including phenoxy) is 2. The number of anilines is 1. The lowest BCUT2D eigenvalue weighted by Gasteiger charge is -2.20. The number of likely N-dealkylation sites (N-methyl/N-ethyl adjacent to an activating group) is 1. The average Bonchev–Trinajstić information content (AvgIpc) is 3.23. The fourth-order valence-electron chi connectivity index (χ4n) is 3.56. The molecule has 1 N–H and O–H groups in total. The number of unbranched alkanes of at least 4 members (excludes halogenated alkanes) is 1. The SMILES string of the molecule is CCCCOc1cc(N2CC[C@@H](Oc3ccc(C(C)C(=O)NCC)cc3)C2)ccn1. The molecule has 1 unspecified atom stereocenters. The predicted molar refractivity (Wildman–Crippen MR) is 119 cm³/mol. The molecule has 162 valence electrons. The van der Waals surface area contributed by atoms with Crippen molar-refractivity contribution in [2.45, 2.75) is 52.1 Å². The van der Waals surface area contributed by atoms with Crippen LogP contribution in [0.15, 0.2) is 42.6 Å². The number of hydrogen-bond acceptors (Lipinski definition) is 5. The van der Waals surface area contributed by atoms with Crippen LogP contribution in [0.25, 0.3) is 0 Å². The smallest absolute Gasteiger partial charge is 0.227 e. The Hall–Kier alpha value is -2.76. The van der Waals surface area contributed by atoms with Gasteiger partial charge in [-0.05, 0) is 44.0 Å². The van der Waals surface area contributed by atoms with Gasteiger partial charge in [-0.1, -0.05) is 25.5 Å². The molecule has 0 spiro atoms. The second kappa shape index (κ2) is 10.9. The van der Waals surface area contributed by atoms with Crippen LogP contribution in [0.1, 0.15) is 51.5 Å². The molecule has 30 heavy (non-hydrogen) atoms. The van der Waals surface area contributed by atoms with Crippen LogP contribution in [-0.4, -0.2) is 43.2 Å². The normalized spacial score (nSPS) is 16.9. The van der Waals surface area contributed by atoms with Crippen LogP contribution in [-0.2, 0) is 4.79 Å². The van der Waals surface area contributed by atoms with E-state index in [1.807, 2.05) is 50.2 Å². The van der Waals surface area contributed by atoms with Crippen LogP contribution in [0.3, 0.4) is 0 Å². The maximum absolute atomic E-state index is 12.0. The molecule has 2 heterocycles. The number of rotatable bonds is 10. The maximum atomic E-state index is 12.0. The molecule has 0 radical (unpaired) electrons. The first-order valence-electron chi connectivity index (χ1n) is 11.0. The summed E-state index contributed by atoms with van der Waals surface area (Å²) in [5.74, 6) is 1.41. The van der Waals surface area contributed by atoms with Crippen molar-refractivity contribution in [1.29, 1.82) is 0 Å². The Morgan fingerprint density at radius 3 is 2.80 bits per heavy atom. The molecule has 1 aliphatic rings. The molecule has 3 rings (SSSR count). The largest absolute Gasteiger partial charge is 0.489 e. The maximum Gasteiger partial charge on any atom is 0.227 e. The van der Waals surface area contributed by atoms with Crippen LogP contribution in [0, 0.1) is 0 Å². The number of pyridine rings is 1. The van der Waals surface area contributed by atoms with E-state index in [9.17, 15) is 4.79 Å². The summed E-state index contributed by atoms with van der Waals surface area (Å²) in [4.78, 5) is 18.6. The number of carbonyl (C=O) groups excluding carboxylic acids is 1. The monoisotopic (exact) mass is 411 g/mol. The van der Waals surface area contributed by atoms with Crippen LogP contribution in [0.2, 0.25) is 0 Å². The fraction of sp³-hybridized carbons (Fsp3) is 0.500. The van der Waals surface area contributed by atoms with Gasteiger partial charge >= 0.3 is 0 Å². The molecule has 1 aromatic heterocycles. The van der Waals surface area contributed by atoms with E-state index >= 15 is 0 Å². The number of nitrogens with one attached hydrogen (secondary N) is 1. The highest BCUT2D eigenvalue weighted by molar-refractivity contribution is 5.83. The zero-order chi connectivity index (χ0) is 21.3. The third-order valence-corrected chi connectivity index (χ3v) is 5.40. The van der Waals surface area contributed by atoms with Gasteiger partial charge in [0.1, 0.15) is 11.9 Å². The number of hydrogen-bond donors (Lipinski definition) is 1. The van der Waals surface area contributed by atoms with Crippen LogP contribution >= 0.6 is 0 Å². The number of benzene rings is 1. The molecule has 2 aromatic rings. The van der Waals surface area contributed by atoms with E-state index in [0.29, 0.717) is 19.0 Å². The Bertz CT molecular complexity index is 810. The molecule has 1 saturated heterocycles. The molecule has 0 bridgehead atoms. The quantitative estimate of drug-likeness (QED) is 0.595. The van der Waals surface area contributed by atoms with Gasteiger partial charge < -0.3 is 19.7 Å². The zero-order valence-corrected chi connectivity index (χ0v) is 18.3. The molecule has 0 saturated carbocycles. The Balaban J connectivity index is 1.54. The first-order chi connectivity index (χ1) is 14.6. The van der Waals surface area contributed by atoms with Gasteiger partial charge in [-0.15, -0.1) is 0 Å². The minimum atomic E-state index is -0.165. The van der Waals surface area contributed by atoms with Crippen molar-refractivity contribution in [2.75, 3.05) is 31.1 Å². The van der Waals surface area contributed by atoms with Gasteiger partial charge in [0.25, 0.3) is 0 Å². The summed E-state index contributed by atoms with van der Waals surface area (Å²) in [7, 11) is 0. The van der Waals surface area contributed by atoms with Gasteiger partial charge in [0.15, 0.2) is 0 Å². The van der Waals surface area contributed by atoms with Gasteiger partial charge in [-0.25, -0.2) is 4.98 Å².